The van der Waals surface area contributed by atoms with Gasteiger partial charge in [0.1, 0.15) is 18.4 Å². The number of hydrogen-bond acceptors (Lipinski definition) is 5. The van der Waals surface area contributed by atoms with Crippen molar-refractivity contribution >= 4 is 5.91 Å². The fraction of sp³-hybridized carbons (Fsp3) is 0.333. The zero-order chi connectivity index (χ0) is 11.1. The summed E-state index contributed by atoms with van der Waals surface area (Å²) in [5.74, 6) is -0.499. The van der Waals surface area contributed by atoms with E-state index in [1.165, 1.54) is 12.3 Å². The molecule has 0 aromatic carbocycles. The summed E-state index contributed by atoms with van der Waals surface area (Å²) in [5, 5.41) is 17.4. The Balaban J connectivity index is 2.31. The van der Waals surface area contributed by atoms with Gasteiger partial charge in [0, 0.05) is 6.20 Å². The van der Waals surface area contributed by atoms with Crippen LogP contribution < -0.4 is 5.48 Å². The fourth-order valence-electron chi connectivity index (χ4n) is 0.805. The first kappa shape index (κ1) is 11.6. The van der Waals surface area contributed by atoms with Crippen LogP contribution in [0.2, 0.25) is 0 Å². The average Bonchev–Trinajstić information content (AvgIpc) is 2.29. The number of amides is 1. The van der Waals surface area contributed by atoms with Crippen molar-refractivity contribution in [2.45, 2.75) is 6.10 Å². The van der Waals surface area contributed by atoms with Gasteiger partial charge in [0.2, 0.25) is 0 Å². The van der Waals surface area contributed by atoms with E-state index in [1.807, 2.05) is 0 Å². The lowest BCUT2D eigenvalue weighted by molar-refractivity contribution is -0.0297. The Morgan fingerprint density at radius 3 is 3.00 bits per heavy atom. The molecular weight excluding hydrogens is 200 g/mol. The molecule has 0 unspecified atom stereocenters. The minimum absolute atomic E-state index is 0.172. The lowest BCUT2D eigenvalue weighted by atomic mass is 10.3. The Morgan fingerprint density at radius 1 is 1.60 bits per heavy atom. The van der Waals surface area contributed by atoms with Gasteiger partial charge in [0.25, 0.3) is 5.91 Å². The van der Waals surface area contributed by atoms with Gasteiger partial charge in [0.05, 0.1) is 6.61 Å². The average molecular weight is 212 g/mol. The van der Waals surface area contributed by atoms with E-state index in [4.69, 9.17) is 10.2 Å². The maximum absolute atomic E-state index is 11.3. The van der Waals surface area contributed by atoms with Crippen LogP contribution in [0.5, 0.6) is 0 Å². The molecule has 6 nitrogen and oxygen atoms in total. The number of aliphatic hydroxyl groups is 2. The number of carbonyl (C=O) groups excluding carboxylic acids is 1. The number of pyridine rings is 1. The molecule has 1 atom stereocenters. The van der Waals surface area contributed by atoms with Crippen LogP contribution in [0, 0.1) is 0 Å². The van der Waals surface area contributed by atoms with Crippen LogP contribution in [-0.2, 0) is 4.84 Å². The summed E-state index contributed by atoms with van der Waals surface area (Å²) in [6.45, 7) is -0.589. The van der Waals surface area contributed by atoms with Gasteiger partial charge < -0.3 is 10.2 Å². The Hall–Kier alpha value is -1.50. The Morgan fingerprint density at radius 2 is 2.40 bits per heavy atom. The minimum atomic E-state index is -1.01. The number of aromatic nitrogens is 1. The maximum Gasteiger partial charge on any atom is 0.293 e. The summed E-state index contributed by atoms with van der Waals surface area (Å²) >= 11 is 0. The van der Waals surface area contributed by atoms with Crippen molar-refractivity contribution in [3.8, 4) is 0 Å². The molecule has 0 saturated heterocycles. The highest BCUT2D eigenvalue weighted by Crippen LogP contribution is 1.92. The van der Waals surface area contributed by atoms with Gasteiger partial charge in [-0.2, -0.15) is 0 Å². The monoisotopic (exact) mass is 212 g/mol. The van der Waals surface area contributed by atoms with Gasteiger partial charge in [-0.15, -0.1) is 0 Å². The lowest BCUT2D eigenvalue weighted by Crippen LogP contribution is -2.30. The van der Waals surface area contributed by atoms with Gasteiger partial charge in [-0.1, -0.05) is 6.07 Å². The second-order valence-corrected chi connectivity index (χ2v) is 2.79. The highest BCUT2D eigenvalue weighted by Gasteiger charge is 2.07. The normalized spacial score (nSPS) is 12.1. The number of hydrogen-bond donors (Lipinski definition) is 3. The lowest BCUT2D eigenvalue weighted by Gasteiger charge is -2.08. The van der Waals surface area contributed by atoms with E-state index in [-0.39, 0.29) is 12.3 Å². The molecule has 0 radical (unpaired) electrons. The topological polar surface area (TPSA) is 91.7 Å². The van der Waals surface area contributed by atoms with Crippen molar-refractivity contribution in [1.82, 2.24) is 10.5 Å². The zero-order valence-corrected chi connectivity index (χ0v) is 7.96. The molecule has 0 saturated carbocycles. The Kier molecular flexibility index (Phi) is 4.69. The summed E-state index contributed by atoms with van der Waals surface area (Å²) < 4.78 is 0. The predicted octanol–water partition coefficient (Wildman–Crippen LogP) is -0.904. The van der Waals surface area contributed by atoms with Gasteiger partial charge in [-0.3, -0.25) is 14.6 Å². The largest absolute Gasteiger partial charge is 0.394 e. The molecule has 0 aliphatic rings. The van der Waals surface area contributed by atoms with E-state index in [1.54, 1.807) is 12.1 Å². The van der Waals surface area contributed by atoms with Gasteiger partial charge in [-0.25, -0.2) is 5.48 Å². The molecule has 1 rings (SSSR count). The SMILES string of the molecule is O=C(NOC[C@H](O)CO)c1ccccn1. The second kappa shape index (κ2) is 6.07. The smallest absolute Gasteiger partial charge is 0.293 e. The van der Waals surface area contributed by atoms with E-state index >= 15 is 0 Å². The van der Waals surface area contributed by atoms with Crippen molar-refractivity contribution in [2.24, 2.45) is 0 Å². The first-order valence-electron chi connectivity index (χ1n) is 4.36. The zero-order valence-electron chi connectivity index (χ0n) is 7.96. The van der Waals surface area contributed by atoms with Crippen LogP contribution in [0.4, 0.5) is 0 Å². The van der Waals surface area contributed by atoms with Gasteiger partial charge >= 0.3 is 0 Å². The van der Waals surface area contributed by atoms with E-state index in [0.29, 0.717) is 0 Å². The molecule has 1 aromatic heterocycles. The molecule has 0 aliphatic carbocycles. The molecule has 0 bridgehead atoms. The standard InChI is InChI=1S/C9H12N2O4/c12-5-7(13)6-15-11-9(14)8-3-1-2-4-10-8/h1-4,7,12-13H,5-6H2,(H,11,14)/t7-/m1/s1. The van der Waals surface area contributed by atoms with Crippen molar-refractivity contribution in [1.29, 1.82) is 0 Å². The number of hydroxylamine groups is 1. The summed E-state index contributed by atoms with van der Waals surface area (Å²) in [6.07, 6.45) is 0.478. The van der Waals surface area contributed by atoms with Crippen LogP contribution in [0.1, 0.15) is 10.5 Å². The first-order valence-corrected chi connectivity index (χ1v) is 4.36. The third kappa shape index (κ3) is 4.03. The van der Waals surface area contributed by atoms with E-state index in [9.17, 15) is 4.79 Å². The second-order valence-electron chi connectivity index (χ2n) is 2.79. The molecule has 0 aliphatic heterocycles. The third-order valence-corrected chi connectivity index (χ3v) is 1.55. The number of aliphatic hydroxyl groups excluding tert-OH is 2. The maximum atomic E-state index is 11.3. The molecule has 0 fully saturated rings. The number of carbonyl (C=O) groups is 1. The first-order chi connectivity index (χ1) is 7.24. The highest BCUT2D eigenvalue weighted by atomic mass is 16.7. The third-order valence-electron chi connectivity index (χ3n) is 1.55. The number of nitrogens with zero attached hydrogens (tertiary/aromatic N) is 1. The van der Waals surface area contributed by atoms with Crippen molar-refractivity contribution < 1.29 is 19.8 Å². The molecule has 15 heavy (non-hydrogen) atoms. The van der Waals surface area contributed by atoms with Gasteiger partial charge in [0.15, 0.2) is 0 Å². The summed E-state index contributed by atoms with van der Waals surface area (Å²) in [5.41, 5.74) is 2.31. The summed E-state index contributed by atoms with van der Waals surface area (Å²) in [4.78, 5) is 19.7. The van der Waals surface area contributed by atoms with Crippen LogP contribution in [0.15, 0.2) is 24.4 Å². The molecule has 1 aromatic rings. The van der Waals surface area contributed by atoms with Crippen molar-refractivity contribution in [3.63, 3.8) is 0 Å². The molecule has 0 spiro atoms. The van der Waals surface area contributed by atoms with Crippen LogP contribution in [0.25, 0.3) is 0 Å². The number of nitrogens with one attached hydrogen (secondary N) is 1. The molecule has 3 N–H and O–H groups in total. The van der Waals surface area contributed by atoms with E-state index in [2.05, 4.69) is 15.3 Å². The summed E-state index contributed by atoms with van der Waals surface area (Å²) in [6, 6.07) is 4.89. The minimum Gasteiger partial charge on any atom is -0.394 e. The van der Waals surface area contributed by atoms with Crippen molar-refractivity contribution in [2.75, 3.05) is 13.2 Å². The Bertz CT molecular complexity index is 304. The van der Waals surface area contributed by atoms with Crippen LogP contribution in [-0.4, -0.2) is 40.4 Å². The molecular formula is C9H12N2O4. The molecule has 6 heteroatoms. The molecule has 1 amide bonds. The Labute approximate surface area is 86.5 Å². The molecule has 82 valence electrons. The fourth-order valence-corrected chi connectivity index (χ4v) is 0.805. The van der Waals surface area contributed by atoms with Crippen LogP contribution >= 0.6 is 0 Å². The van der Waals surface area contributed by atoms with E-state index in [0.717, 1.165) is 0 Å². The van der Waals surface area contributed by atoms with Crippen LogP contribution in [0.3, 0.4) is 0 Å². The number of rotatable bonds is 5. The predicted molar refractivity (Wildman–Crippen MR) is 50.7 cm³/mol. The quantitative estimate of drug-likeness (QED) is 0.550. The summed E-state index contributed by atoms with van der Waals surface area (Å²) in [7, 11) is 0. The van der Waals surface area contributed by atoms with E-state index < -0.39 is 18.6 Å². The van der Waals surface area contributed by atoms with Gasteiger partial charge in [-0.05, 0) is 12.1 Å². The highest BCUT2D eigenvalue weighted by molar-refractivity contribution is 5.91. The van der Waals surface area contributed by atoms with Crippen molar-refractivity contribution in [3.05, 3.63) is 30.1 Å². The molecule has 1 heterocycles.